The van der Waals surface area contributed by atoms with E-state index in [0.29, 0.717) is 0 Å². The molecule has 12 heavy (non-hydrogen) atoms. The van der Waals surface area contributed by atoms with E-state index in [9.17, 15) is 0 Å². The van der Waals surface area contributed by atoms with Crippen molar-refractivity contribution in [2.24, 2.45) is 11.8 Å². The summed E-state index contributed by atoms with van der Waals surface area (Å²) < 4.78 is 0. The Kier molecular flexibility index (Phi) is 12.8. The maximum Gasteiger partial charge on any atom is -0.0262 e. The van der Waals surface area contributed by atoms with Crippen LogP contribution in [0.1, 0.15) is 54.4 Å². The van der Waals surface area contributed by atoms with E-state index in [-0.39, 0.29) is 0 Å². The van der Waals surface area contributed by atoms with Gasteiger partial charge in [0.15, 0.2) is 0 Å². The average molecular weight is 170 g/mol. The van der Waals surface area contributed by atoms with Crippen LogP contribution in [0.15, 0.2) is 12.2 Å². The molecule has 1 atom stereocenters. The number of allylic oxidation sites excluding steroid dienone is 2. The Morgan fingerprint density at radius 1 is 1.00 bits per heavy atom. The molecule has 0 aliphatic rings. The molecule has 74 valence electrons. The van der Waals surface area contributed by atoms with Gasteiger partial charge in [0.2, 0.25) is 0 Å². The number of rotatable bonds is 4. The summed E-state index contributed by atoms with van der Waals surface area (Å²) >= 11 is 0. The van der Waals surface area contributed by atoms with Gasteiger partial charge < -0.3 is 0 Å². The van der Waals surface area contributed by atoms with Crippen molar-refractivity contribution in [3.8, 4) is 0 Å². The maximum absolute atomic E-state index is 2.28. The highest BCUT2D eigenvalue weighted by Crippen LogP contribution is 2.12. The first-order valence-electron chi connectivity index (χ1n) is 5.29. The standard InChI is InChI=1S/C10H20.C2H6/c1-5-6-10(4)8-7-9(2)3;1-2/h5-6,9-10H,7-8H2,1-4H3;1-2H3/b6-5+;/t10-;/m1./s1. The van der Waals surface area contributed by atoms with Crippen LogP contribution in [0.5, 0.6) is 0 Å². The molecule has 0 aromatic heterocycles. The SMILES string of the molecule is C/C=C/[C@@H](C)CCC(C)C.CC. The second-order valence-electron chi connectivity index (χ2n) is 3.47. The summed E-state index contributed by atoms with van der Waals surface area (Å²) in [7, 11) is 0. The fraction of sp³-hybridized carbons (Fsp3) is 0.833. The molecule has 0 fully saturated rings. The van der Waals surface area contributed by atoms with Crippen LogP contribution in [-0.4, -0.2) is 0 Å². The van der Waals surface area contributed by atoms with Crippen LogP contribution in [0, 0.1) is 11.8 Å². The zero-order valence-corrected chi connectivity index (χ0v) is 9.72. The van der Waals surface area contributed by atoms with Gasteiger partial charge in [0.25, 0.3) is 0 Å². The molecule has 0 spiro atoms. The summed E-state index contributed by atoms with van der Waals surface area (Å²) in [5.41, 5.74) is 0. The Morgan fingerprint density at radius 3 is 1.83 bits per heavy atom. The smallest absolute Gasteiger partial charge is 0.0262 e. The molecule has 0 radical (unpaired) electrons. The molecule has 0 aliphatic heterocycles. The molecule has 0 unspecified atom stereocenters. The lowest BCUT2D eigenvalue weighted by Crippen LogP contribution is -1.93. The summed E-state index contributed by atoms with van der Waals surface area (Å²) in [4.78, 5) is 0. The monoisotopic (exact) mass is 170 g/mol. The van der Waals surface area contributed by atoms with E-state index in [2.05, 4.69) is 39.8 Å². The minimum Gasteiger partial charge on any atom is -0.0914 e. The van der Waals surface area contributed by atoms with Gasteiger partial charge in [-0.3, -0.25) is 0 Å². The van der Waals surface area contributed by atoms with Crippen molar-refractivity contribution in [1.29, 1.82) is 0 Å². The first-order chi connectivity index (χ1) is 5.66. The summed E-state index contributed by atoms with van der Waals surface area (Å²) in [6, 6.07) is 0. The Morgan fingerprint density at radius 2 is 1.50 bits per heavy atom. The zero-order chi connectivity index (χ0) is 9.98. The molecule has 0 nitrogen and oxygen atoms in total. The van der Waals surface area contributed by atoms with Crippen LogP contribution in [0.4, 0.5) is 0 Å². The first-order valence-corrected chi connectivity index (χ1v) is 5.29. The van der Waals surface area contributed by atoms with Crippen molar-refractivity contribution in [3.63, 3.8) is 0 Å². The fourth-order valence-corrected chi connectivity index (χ4v) is 1.02. The molecule has 0 heteroatoms. The summed E-state index contributed by atoms with van der Waals surface area (Å²) in [5, 5.41) is 0. The largest absolute Gasteiger partial charge is 0.0914 e. The normalized spacial score (nSPS) is 12.9. The summed E-state index contributed by atoms with van der Waals surface area (Å²) in [6.07, 6.45) is 7.11. The van der Waals surface area contributed by atoms with Crippen LogP contribution in [-0.2, 0) is 0 Å². The maximum atomic E-state index is 2.28. The van der Waals surface area contributed by atoms with E-state index in [1.807, 2.05) is 13.8 Å². The third-order valence-electron chi connectivity index (χ3n) is 1.72. The van der Waals surface area contributed by atoms with Crippen LogP contribution >= 0.6 is 0 Å². The number of hydrogen-bond acceptors (Lipinski definition) is 0. The van der Waals surface area contributed by atoms with E-state index in [1.54, 1.807) is 0 Å². The Balaban J connectivity index is 0. The van der Waals surface area contributed by atoms with Crippen LogP contribution in [0.25, 0.3) is 0 Å². The highest BCUT2D eigenvalue weighted by molar-refractivity contribution is 4.82. The highest BCUT2D eigenvalue weighted by atomic mass is 14.0. The van der Waals surface area contributed by atoms with Crippen LogP contribution < -0.4 is 0 Å². The molecule has 0 N–H and O–H groups in total. The zero-order valence-electron chi connectivity index (χ0n) is 9.72. The molecule has 0 aromatic rings. The van der Waals surface area contributed by atoms with Crippen molar-refractivity contribution in [2.45, 2.75) is 54.4 Å². The Bertz CT molecular complexity index is 90.2. The summed E-state index contributed by atoms with van der Waals surface area (Å²) in [5.74, 6) is 1.63. The molecule has 0 saturated heterocycles. The lowest BCUT2D eigenvalue weighted by atomic mass is 9.99. The fourth-order valence-electron chi connectivity index (χ4n) is 1.02. The van der Waals surface area contributed by atoms with Gasteiger partial charge in [-0.25, -0.2) is 0 Å². The average Bonchev–Trinajstić information content (AvgIpc) is 2.05. The molecule has 0 aromatic carbocycles. The Hall–Kier alpha value is -0.260. The van der Waals surface area contributed by atoms with Crippen LogP contribution in [0.3, 0.4) is 0 Å². The second-order valence-corrected chi connectivity index (χ2v) is 3.47. The molecule has 0 aliphatic carbocycles. The van der Waals surface area contributed by atoms with Gasteiger partial charge in [0, 0.05) is 0 Å². The van der Waals surface area contributed by atoms with Crippen LogP contribution in [0.2, 0.25) is 0 Å². The minimum atomic E-state index is 0.771. The van der Waals surface area contributed by atoms with Crippen molar-refractivity contribution in [3.05, 3.63) is 12.2 Å². The number of hydrogen-bond donors (Lipinski definition) is 0. The lowest BCUT2D eigenvalue weighted by molar-refractivity contribution is 0.502. The van der Waals surface area contributed by atoms with E-state index < -0.39 is 0 Å². The quantitative estimate of drug-likeness (QED) is 0.538. The van der Waals surface area contributed by atoms with Gasteiger partial charge in [-0.2, -0.15) is 0 Å². The van der Waals surface area contributed by atoms with Gasteiger partial charge in [-0.05, 0) is 25.2 Å². The van der Waals surface area contributed by atoms with Gasteiger partial charge in [0.05, 0.1) is 0 Å². The molecule has 0 saturated carbocycles. The van der Waals surface area contributed by atoms with Gasteiger partial charge in [-0.15, -0.1) is 0 Å². The lowest BCUT2D eigenvalue weighted by Gasteiger charge is -2.07. The topological polar surface area (TPSA) is 0 Å². The molecule has 0 amide bonds. The van der Waals surface area contributed by atoms with Gasteiger partial charge in [-0.1, -0.05) is 53.2 Å². The van der Waals surface area contributed by atoms with Crippen molar-refractivity contribution in [1.82, 2.24) is 0 Å². The van der Waals surface area contributed by atoms with Crippen molar-refractivity contribution < 1.29 is 0 Å². The molecule has 0 rings (SSSR count). The molecular formula is C12H26. The van der Waals surface area contributed by atoms with E-state index in [1.165, 1.54) is 12.8 Å². The van der Waals surface area contributed by atoms with E-state index >= 15 is 0 Å². The predicted molar refractivity (Wildman–Crippen MR) is 59.4 cm³/mol. The van der Waals surface area contributed by atoms with Crippen molar-refractivity contribution >= 4 is 0 Å². The highest BCUT2D eigenvalue weighted by Gasteiger charge is 1.98. The molecule has 0 bridgehead atoms. The molecule has 0 heterocycles. The Labute approximate surface area is 79.1 Å². The predicted octanol–water partition coefficient (Wildman–Crippen LogP) is 4.66. The van der Waals surface area contributed by atoms with Crippen molar-refractivity contribution in [2.75, 3.05) is 0 Å². The van der Waals surface area contributed by atoms with E-state index in [0.717, 1.165) is 11.8 Å². The summed E-state index contributed by atoms with van der Waals surface area (Å²) in [6.45, 7) is 12.9. The third kappa shape index (κ3) is 12.4. The molecular weight excluding hydrogens is 144 g/mol. The van der Waals surface area contributed by atoms with Gasteiger partial charge in [0.1, 0.15) is 0 Å². The first kappa shape index (κ1) is 14.3. The van der Waals surface area contributed by atoms with Gasteiger partial charge >= 0.3 is 0 Å². The van der Waals surface area contributed by atoms with E-state index in [4.69, 9.17) is 0 Å². The second kappa shape index (κ2) is 10.7. The minimum absolute atomic E-state index is 0.771. The third-order valence-corrected chi connectivity index (χ3v) is 1.72.